The molecule has 1 aliphatic heterocycles. The number of fused-ring (bicyclic) bond motifs is 1. The highest BCUT2D eigenvalue weighted by atomic mass is 19.1. The minimum absolute atomic E-state index is 0.193. The Morgan fingerprint density at radius 1 is 1.06 bits per heavy atom. The Bertz CT molecular complexity index is 1140. The van der Waals surface area contributed by atoms with Crippen molar-refractivity contribution in [1.29, 1.82) is 0 Å². The Labute approximate surface area is 189 Å². The van der Waals surface area contributed by atoms with E-state index in [1.54, 1.807) is 13.0 Å². The van der Waals surface area contributed by atoms with Crippen molar-refractivity contribution < 1.29 is 13.9 Å². The van der Waals surface area contributed by atoms with Gasteiger partial charge in [0.1, 0.15) is 17.3 Å². The van der Waals surface area contributed by atoms with E-state index in [1.807, 2.05) is 25.1 Å². The number of carbonyl (C=O) groups is 1. The van der Waals surface area contributed by atoms with Crippen molar-refractivity contribution >= 4 is 5.78 Å². The molecule has 0 N–H and O–H groups in total. The minimum atomic E-state index is -0.193. The molecule has 0 spiro atoms. The van der Waals surface area contributed by atoms with Gasteiger partial charge in [0, 0.05) is 17.9 Å². The highest BCUT2D eigenvalue weighted by Gasteiger charge is 2.33. The Balaban J connectivity index is 1.36. The summed E-state index contributed by atoms with van der Waals surface area (Å²) in [5.74, 6) is 2.27. The summed E-state index contributed by atoms with van der Waals surface area (Å²) < 4.78 is 20.4. The van der Waals surface area contributed by atoms with Crippen molar-refractivity contribution in [3.63, 3.8) is 0 Å². The largest absolute Gasteiger partial charge is 0.493 e. The van der Waals surface area contributed by atoms with E-state index in [-0.39, 0.29) is 17.5 Å². The third kappa shape index (κ3) is 4.34. The van der Waals surface area contributed by atoms with Crippen LogP contribution in [0.15, 0.2) is 60.7 Å². The van der Waals surface area contributed by atoms with Crippen molar-refractivity contribution in [1.82, 2.24) is 0 Å². The zero-order valence-corrected chi connectivity index (χ0v) is 18.7. The molecule has 1 aliphatic carbocycles. The highest BCUT2D eigenvalue weighted by Crippen LogP contribution is 2.46. The number of benzene rings is 3. The Morgan fingerprint density at radius 2 is 1.84 bits per heavy atom. The molecule has 164 valence electrons. The molecule has 2 aliphatic rings. The Hall–Kier alpha value is -2.94. The van der Waals surface area contributed by atoms with Crippen molar-refractivity contribution in [3.8, 4) is 16.9 Å². The second kappa shape index (κ2) is 8.54. The molecule has 0 aromatic heterocycles. The monoisotopic (exact) mass is 428 g/mol. The molecule has 2 nitrogen and oxygen atoms in total. The predicted molar refractivity (Wildman–Crippen MR) is 126 cm³/mol. The molecule has 3 aromatic carbocycles. The van der Waals surface area contributed by atoms with Crippen LogP contribution in [-0.2, 0) is 11.2 Å². The van der Waals surface area contributed by atoms with E-state index in [1.165, 1.54) is 35.6 Å². The molecule has 2 atom stereocenters. The van der Waals surface area contributed by atoms with E-state index >= 15 is 0 Å². The van der Waals surface area contributed by atoms with Crippen LogP contribution in [0.3, 0.4) is 0 Å². The summed E-state index contributed by atoms with van der Waals surface area (Å²) in [7, 11) is 0. The zero-order valence-electron chi connectivity index (χ0n) is 18.7. The number of hydrogen-bond donors (Lipinski definition) is 0. The van der Waals surface area contributed by atoms with Crippen molar-refractivity contribution in [2.24, 2.45) is 5.92 Å². The van der Waals surface area contributed by atoms with Crippen LogP contribution in [0, 0.1) is 18.7 Å². The first kappa shape index (κ1) is 20.9. The molecule has 2 unspecified atom stereocenters. The summed E-state index contributed by atoms with van der Waals surface area (Å²) in [6, 6.07) is 19.9. The van der Waals surface area contributed by atoms with Crippen LogP contribution >= 0.6 is 0 Å². The third-order valence-electron chi connectivity index (χ3n) is 6.93. The highest BCUT2D eigenvalue weighted by molar-refractivity contribution is 5.76. The normalized spacial score (nSPS) is 18.5. The lowest BCUT2D eigenvalue weighted by molar-refractivity contribution is -0.117. The van der Waals surface area contributed by atoms with E-state index in [4.69, 9.17) is 4.74 Å². The molecule has 0 bridgehead atoms. The standard InChI is InChI=1S/C29H29FO2/c1-18-3-11-28(30)27(13-18)22-6-4-20(5-7-22)25-16-24-15-23(10-12-29(24)32-17-25)26(14-19(2)31)21-8-9-21/h3-7,10-13,15,21,25-26H,8-9,14,16-17H2,1-2H3. The molecular weight excluding hydrogens is 399 g/mol. The molecule has 0 amide bonds. The summed E-state index contributed by atoms with van der Waals surface area (Å²) in [6.45, 7) is 4.32. The number of halogens is 1. The lowest BCUT2D eigenvalue weighted by Crippen LogP contribution is -2.19. The van der Waals surface area contributed by atoms with E-state index < -0.39 is 0 Å². The fourth-order valence-corrected chi connectivity index (χ4v) is 5.02. The topological polar surface area (TPSA) is 26.3 Å². The Morgan fingerprint density at radius 3 is 2.56 bits per heavy atom. The molecule has 5 rings (SSSR count). The number of rotatable bonds is 6. The first-order chi connectivity index (χ1) is 15.5. The minimum Gasteiger partial charge on any atom is -0.493 e. The number of ether oxygens (including phenoxy) is 1. The predicted octanol–water partition coefficient (Wildman–Crippen LogP) is 6.99. The molecule has 32 heavy (non-hydrogen) atoms. The van der Waals surface area contributed by atoms with Gasteiger partial charge in [-0.15, -0.1) is 0 Å². The second-order valence-electron chi connectivity index (χ2n) is 9.53. The van der Waals surface area contributed by atoms with Crippen LogP contribution in [0.5, 0.6) is 5.75 Å². The molecule has 3 heteroatoms. The van der Waals surface area contributed by atoms with E-state index in [0.29, 0.717) is 30.4 Å². The quantitative estimate of drug-likeness (QED) is 0.423. The van der Waals surface area contributed by atoms with Gasteiger partial charge in [0.25, 0.3) is 0 Å². The van der Waals surface area contributed by atoms with Gasteiger partial charge in [0.15, 0.2) is 0 Å². The van der Waals surface area contributed by atoms with E-state index in [2.05, 4.69) is 30.3 Å². The van der Waals surface area contributed by atoms with Crippen LogP contribution in [0.2, 0.25) is 0 Å². The van der Waals surface area contributed by atoms with Crippen molar-refractivity contribution in [2.45, 2.75) is 51.4 Å². The molecule has 0 radical (unpaired) electrons. The van der Waals surface area contributed by atoms with E-state index in [9.17, 15) is 9.18 Å². The van der Waals surface area contributed by atoms with Crippen LogP contribution in [0.25, 0.3) is 11.1 Å². The molecule has 1 heterocycles. The summed E-state index contributed by atoms with van der Waals surface area (Å²) in [6.07, 6.45) is 3.99. The number of Topliss-reactive ketones (excluding diaryl/α,β-unsaturated/α-hetero) is 1. The molecular formula is C29H29FO2. The first-order valence-electron chi connectivity index (χ1n) is 11.6. The van der Waals surface area contributed by atoms with E-state index in [0.717, 1.165) is 23.3 Å². The molecule has 0 saturated heterocycles. The summed E-state index contributed by atoms with van der Waals surface area (Å²) >= 11 is 0. The molecule has 1 fully saturated rings. The van der Waals surface area contributed by atoms with Crippen molar-refractivity contribution in [3.05, 3.63) is 88.7 Å². The first-order valence-corrected chi connectivity index (χ1v) is 11.6. The average Bonchev–Trinajstić information content (AvgIpc) is 3.64. The van der Waals surface area contributed by atoms with Gasteiger partial charge in [0.05, 0.1) is 6.61 Å². The number of ketones is 1. The van der Waals surface area contributed by atoms with Crippen molar-refractivity contribution in [2.75, 3.05) is 6.61 Å². The molecule has 1 saturated carbocycles. The fraction of sp³-hybridized carbons (Fsp3) is 0.345. The maximum atomic E-state index is 14.3. The van der Waals surface area contributed by atoms with Gasteiger partial charge < -0.3 is 9.53 Å². The van der Waals surface area contributed by atoms with Crippen LogP contribution in [0.1, 0.15) is 60.3 Å². The van der Waals surface area contributed by atoms with Gasteiger partial charge in [-0.25, -0.2) is 4.39 Å². The second-order valence-corrected chi connectivity index (χ2v) is 9.53. The zero-order chi connectivity index (χ0) is 22.2. The number of hydrogen-bond acceptors (Lipinski definition) is 2. The van der Waals surface area contributed by atoms with Crippen LogP contribution < -0.4 is 4.74 Å². The fourth-order valence-electron chi connectivity index (χ4n) is 5.02. The van der Waals surface area contributed by atoms with Gasteiger partial charge in [-0.3, -0.25) is 0 Å². The van der Waals surface area contributed by atoms with Gasteiger partial charge in [-0.1, -0.05) is 48.0 Å². The van der Waals surface area contributed by atoms with Gasteiger partial charge in [0.2, 0.25) is 0 Å². The average molecular weight is 429 g/mol. The summed E-state index contributed by atoms with van der Waals surface area (Å²) in [5.41, 5.74) is 6.29. The van der Waals surface area contributed by atoms with Gasteiger partial charge in [-0.2, -0.15) is 0 Å². The van der Waals surface area contributed by atoms with Gasteiger partial charge in [-0.05, 0) is 85.4 Å². The number of aryl methyl sites for hydroxylation is 1. The maximum Gasteiger partial charge on any atom is 0.131 e. The van der Waals surface area contributed by atoms with Crippen LogP contribution in [0.4, 0.5) is 4.39 Å². The maximum absolute atomic E-state index is 14.3. The lowest BCUT2D eigenvalue weighted by Gasteiger charge is -2.27. The Kier molecular flexibility index (Phi) is 5.58. The number of carbonyl (C=O) groups excluding carboxylic acids is 1. The SMILES string of the molecule is CC(=O)CC(c1ccc2c(c1)CC(c1ccc(-c3cc(C)ccc3F)cc1)CO2)C1CC1. The lowest BCUT2D eigenvalue weighted by atomic mass is 9.85. The third-order valence-corrected chi connectivity index (χ3v) is 6.93. The molecule has 3 aromatic rings. The van der Waals surface area contributed by atoms with Crippen LogP contribution in [-0.4, -0.2) is 12.4 Å². The summed E-state index contributed by atoms with van der Waals surface area (Å²) in [5, 5.41) is 0. The summed E-state index contributed by atoms with van der Waals surface area (Å²) in [4.78, 5) is 11.8. The smallest absolute Gasteiger partial charge is 0.131 e. The van der Waals surface area contributed by atoms with Gasteiger partial charge >= 0.3 is 0 Å².